The SMILES string of the molecule is CN/N=C\C(=N)S(=O)(=O)N1CCN(CCC(F)(F)F)[C@@H](c2cc3cnn(-c4ccc(F)cc4)c3cc2C)C1. The van der Waals surface area contributed by atoms with Gasteiger partial charge in [-0.1, -0.05) is 0 Å². The minimum absolute atomic E-state index is 0.0583. The molecule has 1 aliphatic rings. The number of sulfonamides is 1. The predicted molar refractivity (Wildman–Crippen MR) is 137 cm³/mol. The van der Waals surface area contributed by atoms with Gasteiger partial charge in [0.1, 0.15) is 5.82 Å². The predicted octanol–water partition coefficient (Wildman–Crippen LogP) is 3.60. The van der Waals surface area contributed by atoms with Crippen LogP contribution in [-0.4, -0.2) is 78.1 Å². The van der Waals surface area contributed by atoms with Gasteiger partial charge in [0.25, 0.3) is 10.0 Å². The van der Waals surface area contributed by atoms with E-state index in [0.29, 0.717) is 22.2 Å². The van der Waals surface area contributed by atoms with Crippen molar-refractivity contribution in [3.8, 4) is 5.69 Å². The monoisotopic (exact) mass is 553 g/mol. The van der Waals surface area contributed by atoms with Crippen molar-refractivity contribution in [2.24, 2.45) is 5.10 Å². The number of alkyl halides is 3. The molecule has 2 heterocycles. The van der Waals surface area contributed by atoms with Crippen molar-refractivity contribution >= 4 is 32.2 Å². The molecule has 0 unspecified atom stereocenters. The van der Waals surface area contributed by atoms with Crippen LogP contribution in [-0.2, 0) is 10.0 Å². The Hall–Kier alpha value is -3.36. The van der Waals surface area contributed by atoms with E-state index in [9.17, 15) is 26.0 Å². The molecule has 1 fully saturated rings. The van der Waals surface area contributed by atoms with Gasteiger partial charge in [0.15, 0.2) is 5.04 Å². The van der Waals surface area contributed by atoms with Crippen LogP contribution in [0.5, 0.6) is 0 Å². The molecule has 4 rings (SSSR count). The minimum Gasteiger partial charge on any atom is -0.313 e. The molecule has 0 bridgehead atoms. The number of hydrazone groups is 1. The van der Waals surface area contributed by atoms with Gasteiger partial charge in [-0.15, -0.1) is 0 Å². The van der Waals surface area contributed by atoms with Crippen LogP contribution in [0.15, 0.2) is 47.7 Å². The summed E-state index contributed by atoms with van der Waals surface area (Å²) in [5.41, 5.74) is 5.13. The maximum atomic E-state index is 13.4. The number of rotatable bonds is 7. The zero-order chi connectivity index (χ0) is 27.7. The van der Waals surface area contributed by atoms with Crippen LogP contribution in [0.3, 0.4) is 0 Å². The maximum Gasteiger partial charge on any atom is 0.390 e. The maximum absolute atomic E-state index is 13.4. The van der Waals surface area contributed by atoms with E-state index in [-0.39, 0.29) is 32.0 Å². The summed E-state index contributed by atoms with van der Waals surface area (Å²) in [7, 11) is -2.74. The third kappa shape index (κ3) is 5.87. The zero-order valence-electron chi connectivity index (χ0n) is 20.7. The van der Waals surface area contributed by atoms with Crippen LogP contribution >= 0.6 is 0 Å². The van der Waals surface area contributed by atoms with E-state index in [0.717, 1.165) is 16.1 Å². The number of halogens is 4. The first-order valence-electron chi connectivity index (χ1n) is 11.7. The van der Waals surface area contributed by atoms with Crippen molar-refractivity contribution in [1.82, 2.24) is 24.4 Å². The number of nitrogens with one attached hydrogen (secondary N) is 2. The summed E-state index contributed by atoms with van der Waals surface area (Å²) in [5, 5.41) is 15.9. The third-order valence-electron chi connectivity index (χ3n) is 6.45. The first kappa shape index (κ1) is 27.7. The van der Waals surface area contributed by atoms with Gasteiger partial charge in [0.05, 0.1) is 30.0 Å². The molecule has 1 aromatic heterocycles. The third-order valence-corrected chi connectivity index (χ3v) is 8.12. The lowest BCUT2D eigenvalue weighted by atomic mass is 9.96. The topological polar surface area (TPSA) is 107 Å². The molecule has 0 amide bonds. The molecule has 14 heteroatoms. The average molecular weight is 554 g/mol. The summed E-state index contributed by atoms with van der Waals surface area (Å²) >= 11 is 0. The Balaban J connectivity index is 1.72. The molecule has 204 valence electrons. The zero-order valence-corrected chi connectivity index (χ0v) is 21.5. The lowest BCUT2D eigenvalue weighted by Gasteiger charge is -2.41. The summed E-state index contributed by atoms with van der Waals surface area (Å²) in [6.45, 7) is 1.37. The molecule has 3 aromatic rings. The fourth-order valence-corrected chi connectivity index (χ4v) is 5.64. The van der Waals surface area contributed by atoms with E-state index in [4.69, 9.17) is 5.41 Å². The van der Waals surface area contributed by atoms with Crippen molar-refractivity contribution in [1.29, 1.82) is 5.41 Å². The van der Waals surface area contributed by atoms with Gasteiger partial charge in [0, 0.05) is 44.7 Å². The molecule has 2 N–H and O–H groups in total. The van der Waals surface area contributed by atoms with Crippen molar-refractivity contribution in [2.45, 2.75) is 25.6 Å². The molecule has 9 nitrogen and oxygen atoms in total. The highest BCUT2D eigenvalue weighted by Crippen LogP contribution is 2.34. The molecule has 0 aliphatic carbocycles. The van der Waals surface area contributed by atoms with Crippen LogP contribution in [0.1, 0.15) is 23.6 Å². The van der Waals surface area contributed by atoms with Crippen molar-refractivity contribution in [3.05, 3.63) is 59.5 Å². The first-order chi connectivity index (χ1) is 17.9. The van der Waals surface area contributed by atoms with E-state index >= 15 is 0 Å². The Morgan fingerprint density at radius 2 is 1.95 bits per heavy atom. The summed E-state index contributed by atoms with van der Waals surface area (Å²) < 4.78 is 81.4. The van der Waals surface area contributed by atoms with E-state index in [1.54, 1.807) is 40.9 Å². The van der Waals surface area contributed by atoms with E-state index in [1.807, 2.05) is 6.07 Å². The molecule has 1 aliphatic heterocycles. The summed E-state index contributed by atoms with van der Waals surface area (Å²) in [6, 6.07) is 8.75. The average Bonchev–Trinajstić information content (AvgIpc) is 3.28. The van der Waals surface area contributed by atoms with Crippen LogP contribution in [0.2, 0.25) is 0 Å². The quantitative estimate of drug-likeness (QED) is 0.201. The van der Waals surface area contributed by atoms with Gasteiger partial charge >= 0.3 is 6.18 Å². The van der Waals surface area contributed by atoms with Gasteiger partial charge in [-0.2, -0.15) is 27.7 Å². The lowest BCUT2D eigenvalue weighted by molar-refractivity contribution is -0.140. The molecule has 2 aromatic carbocycles. The molecule has 0 radical (unpaired) electrons. The molecule has 0 saturated carbocycles. The standard InChI is InChI=1S/C24H27F4N7O2S/c1-16-11-21-17(13-32-35(21)19-5-3-18(25)4-6-19)12-20(16)22-15-34(38(36,37)23(29)14-31-30-2)10-9-33(22)8-7-24(26,27)28/h3-6,11-14,22,29-30H,7-10,15H2,1-2H3/b29-23?,31-14-/t22-/m1/s1. The molecular formula is C24H27F4N7O2S. The Morgan fingerprint density at radius 3 is 2.61 bits per heavy atom. The second-order valence-corrected chi connectivity index (χ2v) is 10.8. The molecule has 0 spiro atoms. The highest BCUT2D eigenvalue weighted by molar-refractivity contribution is 8.06. The fourth-order valence-electron chi connectivity index (χ4n) is 4.52. The Morgan fingerprint density at radius 1 is 1.24 bits per heavy atom. The smallest absolute Gasteiger partial charge is 0.313 e. The summed E-state index contributed by atoms with van der Waals surface area (Å²) in [4.78, 5) is 1.63. The van der Waals surface area contributed by atoms with Crippen molar-refractivity contribution in [2.75, 3.05) is 33.2 Å². The van der Waals surface area contributed by atoms with Crippen LogP contribution < -0.4 is 5.43 Å². The Labute approximate surface area is 217 Å². The number of benzene rings is 2. The lowest BCUT2D eigenvalue weighted by Crippen LogP contribution is -2.52. The number of hydrogen-bond donors (Lipinski definition) is 2. The highest BCUT2D eigenvalue weighted by atomic mass is 32.2. The van der Waals surface area contributed by atoms with Gasteiger partial charge in [-0.05, 0) is 54.4 Å². The number of aryl methyl sites for hydroxylation is 1. The van der Waals surface area contributed by atoms with E-state index in [2.05, 4.69) is 15.6 Å². The van der Waals surface area contributed by atoms with Crippen LogP contribution in [0, 0.1) is 18.2 Å². The number of hydrogen-bond acceptors (Lipinski definition) is 7. The normalized spacial score (nSPS) is 17.9. The second-order valence-electron chi connectivity index (χ2n) is 8.93. The van der Waals surface area contributed by atoms with Gasteiger partial charge < -0.3 is 5.43 Å². The molecular weight excluding hydrogens is 526 g/mol. The fraction of sp³-hybridized carbons (Fsp3) is 0.375. The van der Waals surface area contributed by atoms with E-state index in [1.165, 1.54) is 19.2 Å². The summed E-state index contributed by atoms with van der Waals surface area (Å²) in [5.74, 6) is -0.384. The Kier molecular flexibility index (Phi) is 7.85. The van der Waals surface area contributed by atoms with Gasteiger partial charge in [-0.3, -0.25) is 10.3 Å². The number of nitrogens with zero attached hydrogens (tertiary/aromatic N) is 5. The van der Waals surface area contributed by atoms with E-state index < -0.39 is 33.7 Å². The Bertz CT molecular complexity index is 1450. The minimum atomic E-state index is -4.37. The first-order valence-corrected chi connectivity index (χ1v) is 13.2. The van der Waals surface area contributed by atoms with Gasteiger partial charge in [-0.25, -0.2) is 17.5 Å². The number of aromatic nitrogens is 2. The summed E-state index contributed by atoms with van der Waals surface area (Å²) in [6.07, 6.45) is -2.93. The number of piperazine rings is 1. The highest BCUT2D eigenvalue weighted by Gasteiger charge is 2.38. The molecule has 1 saturated heterocycles. The van der Waals surface area contributed by atoms with Crippen molar-refractivity contribution < 1.29 is 26.0 Å². The number of fused-ring (bicyclic) bond motifs is 1. The van der Waals surface area contributed by atoms with Crippen LogP contribution in [0.25, 0.3) is 16.6 Å². The van der Waals surface area contributed by atoms with Crippen LogP contribution in [0.4, 0.5) is 17.6 Å². The van der Waals surface area contributed by atoms with Crippen molar-refractivity contribution in [3.63, 3.8) is 0 Å². The largest absolute Gasteiger partial charge is 0.390 e. The van der Waals surface area contributed by atoms with Gasteiger partial charge in [0.2, 0.25) is 0 Å². The molecule has 38 heavy (non-hydrogen) atoms. The molecule has 1 atom stereocenters. The second kappa shape index (κ2) is 10.8.